The Bertz CT molecular complexity index is 436. The van der Waals surface area contributed by atoms with Gasteiger partial charge in [0.25, 0.3) is 0 Å². The number of nitrogens with two attached hydrogens (primary N) is 1. The number of aliphatic hydroxyl groups excluding tert-OH is 1. The number of amides is 1. The second-order valence-electron chi connectivity index (χ2n) is 4.56. The number of hydrogen-bond donors (Lipinski definition) is 4. The van der Waals surface area contributed by atoms with Gasteiger partial charge in [0.2, 0.25) is 5.91 Å². The topological polar surface area (TPSA) is 113 Å². The Labute approximate surface area is 117 Å². The lowest BCUT2D eigenvalue weighted by atomic mass is 10.1. The summed E-state index contributed by atoms with van der Waals surface area (Å²) >= 11 is 0. The summed E-state index contributed by atoms with van der Waals surface area (Å²) in [5.41, 5.74) is 6.86. The van der Waals surface area contributed by atoms with Crippen LogP contribution in [0.15, 0.2) is 30.3 Å². The molecule has 0 heterocycles. The van der Waals surface area contributed by atoms with Crippen molar-refractivity contribution in [3.05, 3.63) is 35.9 Å². The van der Waals surface area contributed by atoms with Crippen LogP contribution in [0.4, 0.5) is 0 Å². The fourth-order valence-electron chi connectivity index (χ4n) is 1.68. The predicted octanol–water partition coefficient (Wildman–Crippen LogP) is -0.102. The average Bonchev–Trinajstić information content (AvgIpc) is 2.45. The van der Waals surface area contributed by atoms with Crippen molar-refractivity contribution < 1.29 is 19.8 Å². The number of carbonyl (C=O) groups is 2. The highest BCUT2D eigenvalue weighted by atomic mass is 16.4. The molecule has 0 saturated carbocycles. The zero-order valence-electron chi connectivity index (χ0n) is 11.2. The summed E-state index contributed by atoms with van der Waals surface area (Å²) in [5.74, 6) is -1.63. The van der Waals surface area contributed by atoms with Crippen LogP contribution in [-0.2, 0) is 16.0 Å². The molecular weight excluding hydrogens is 260 g/mol. The van der Waals surface area contributed by atoms with Crippen molar-refractivity contribution in [2.45, 2.75) is 31.4 Å². The monoisotopic (exact) mass is 280 g/mol. The van der Waals surface area contributed by atoms with Crippen molar-refractivity contribution in [1.29, 1.82) is 0 Å². The minimum absolute atomic E-state index is 0.0352. The van der Waals surface area contributed by atoms with Crippen molar-refractivity contribution in [2.75, 3.05) is 6.54 Å². The fraction of sp³-hybridized carbons (Fsp3) is 0.429. The Morgan fingerprint density at radius 1 is 1.20 bits per heavy atom. The van der Waals surface area contributed by atoms with Gasteiger partial charge in [-0.25, -0.2) is 4.79 Å². The molecule has 6 nitrogen and oxygen atoms in total. The van der Waals surface area contributed by atoms with Crippen molar-refractivity contribution in [3.63, 3.8) is 0 Å². The van der Waals surface area contributed by atoms with Gasteiger partial charge in [0, 0.05) is 13.0 Å². The number of aliphatic hydroxyl groups is 1. The fourth-order valence-corrected chi connectivity index (χ4v) is 1.68. The minimum atomic E-state index is -1.46. The third kappa shape index (κ3) is 5.81. The highest BCUT2D eigenvalue weighted by Gasteiger charge is 2.16. The number of nitrogens with one attached hydrogen (secondary N) is 1. The molecular formula is C14H20N2O4. The lowest BCUT2D eigenvalue weighted by Crippen LogP contribution is -2.42. The predicted molar refractivity (Wildman–Crippen MR) is 74.0 cm³/mol. The molecule has 6 heteroatoms. The summed E-state index contributed by atoms with van der Waals surface area (Å²) in [6.07, 6.45) is -0.285. The van der Waals surface area contributed by atoms with Crippen LogP contribution in [0, 0.1) is 0 Å². The second-order valence-corrected chi connectivity index (χ2v) is 4.56. The van der Waals surface area contributed by atoms with Gasteiger partial charge in [-0.15, -0.1) is 0 Å². The van der Waals surface area contributed by atoms with Gasteiger partial charge in [-0.1, -0.05) is 30.3 Å². The molecule has 0 bridgehead atoms. The number of benzene rings is 1. The third-order valence-corrected chi connectivity index (χ3v) is 2.93. The van der Waals surface area contributed by atoms with E-state index in [4.69, 9.17) is 15.9 Å². The van der Waals surface area contributed by atoms with Crippen LogP contribution < -0.4 is 11.1 Å². The largest absolute Gasteiger partial charge is 0.479 e. The highest BCUT2D eigenvalue weighted by molar-refractivity contribution is 5.81. The van der Waals surface area contributed by atoms with Crippen LogP contribution in [0.1, 0.15) is 18.4 Å². The Balaban J connectivity index is 2.24. The van der Waals surface area contributed by atoms with Gasteiger partial charge in [0.15, 0.2) is 6.10 Å². The van der Waals surface area contributed by atoms with Gasteiger partial charge in [-0.3, -0.25) is 4.79 Å². The molecule has 1 aromatic carbocycles. The molecule has 0 aliphatic heterocycles. The van der Waals surface area contributed by atoms with Crippen LogP contribution >= 0.6 is 0 Å². The average molecular weight is 280 g/mol. The highest BCUT2D eigenvalue weighted by Crippen LogP contribution is 2.04. The molecule has 0 spiro atoms. The number of carbonyl (C=O) groups excluding carboxylic acids is 1. The molecule has 0 fully saturated rings. The van der Waals surface area contributed by atoms with Gasteiger partial charge >= 0.3 is 5.97 Å². The molecule has 1 aromatic rings. The van der Waals surface area contributed by atoms with Crippen LogP contribution in [0.3, 0.4) is 0 Å². The van der Waals surface area contributed by atoms with E-state index in [-0.39, 0.29) is 18.9 Å². The summed E-state index contributed by atoms with van der Waals surface area (Å²) in [7, 11) is 0. The smallest absolute Gasteiger partial charge is 0.332 e. The van der Waals surface area contributed by atoms with Crippen LogP contribution in [0.2, 0.25) is 0 Å². The van der Waals surface area contributed by atoms with Gasteiger partial charge < -0.3 is 21.3 Å². The first kappa shape index (κ1) is 16.1. The Morgan fingerprint density at radius 3 is 2.45 bits per heavy atom. The molecule has 2 atom stereocenters. The molecule has 0 aliphatic carbocycles. The number of rotatable bonds is 8. The first-order chi connectivity index (χ1) is 9.50. The van der Waals surface area contributed by atoms with E-state index in [1.54, 1.807) is 0 Å². The third-order valence-electron chi connectivity index (χ3n) is 2.93. The van der Waals surface area contributed by atoms with E-state index >= 15 is 0 Å². The van der Waals surface area contributed by atoms with Crippen molar-refractivity contribution in [3.8, 4) is 0 Å². The lowest BCUT2D eigenvalue weighted by Gasteiger charge is -2.13. The molecule has 0 radical (unpaired) electrons. The Hall–Kier alpha value is -1.92. The van der Waals surface area contributed by atoms with E-state index in [9.17, 15) is 9.59 Å². The van der Waals surface area contributed by atoms with Crippen molar-refractivity contribution >= 4 is 11.9 Å². The standard InChI is InChI=1S/C14H20N2O4/c15-11(7-6-10-4-2-1-3-5-10)13(18)16-9-8-12(17)14(19)20/h1-5,11-12,17H,6-9,15H2,(H,16,18)(H,19,20)/t11?,12-/m0/s1. The zero-order chi connectivity index (χ0) is 15.0. The molecule has 20 heavy (non-hydrogen) atoms. The van der Waals surface area contributed by atoms with E-state index in [1.165, 1.54) is 0 Å². The van der Waals surface area contributed by atoms with Gasteiger partial charge in [0.1, 0.15) is 0 Å². The SMILES string of the molecule is NC(CCc1ccccc1)C(=O)NCC[C@H](O)C(=O)O. The number of aliphatic carboxylic acids is 1. The molecule has 1 amide bonds. The number of carboxylic acids is 1. The summed E-state index contributed by atoms with van der Waals surface area (Å²) in [5, 5.41) is 20.0. The Morgan fingerprint density at radius 2 is 1.85 bits per heavy atom. The van der Waals surface area contributed by atoms with Gasteiger partial charge in [0.05, 0.1) is 6.04 Å². The molecule has 0 aliphatic rings. The Kier molecular flexibility index (Phi) is 6.69. The van der Waals surface area contributed by atoms with Crippen LogP contribution in [-0.4, -0.2) is 40.8 Å². The van der Waals surface area contributed by atoms with Gasteiger partial charge in [-0.2, -0.15) is 0 Å². The summed E-state index contributed by atoms with van der Waals surface area (Å²) in [6.45, 7) is 0.0886. The van der Waals surface area contributed by atoms with Crippen molar-refractivity contribution in [1.82, 2.24) is 5.32 Å². The first-order valence-corrected chi connectivity index (χ1v) is 6.49. The van der Waals surface area contributed by atoms with Crippen LogP contribution in [0.25, 0.3) is 0 Å². The maximum absolute atomic E-state index is 11.7. The van der Waals surface area contributed by atoms with Crippen molar-refractivity contribution in [2.24, 2.45) is 5.73 Å². The van der Waals surface area contributed by atoms with E-state index in [1.807, 2.05) is 30.3 Å². The maximum atomic E-state index is 11.7. The summed E-state index contributed by atoms with van der Waals surface area (Å²) < 4.78 is 0. The zero-order valence-corrected chi connectivity index (χ0v) is 11.2. The molecule has 0 saturated heterocycles. The second kappa shape index (κ2) is 8.29. The molecule has 1 unspecified atom stereocenters. The number of aryl methyl sites for hydroxylation is 1. The lowest BCUT2D eigenvalue weighted by molar-refractivity contribution is -0.147. The summed E-state index contributed by atoms with van der Waals surface area (Å²) in [4.78, 5) is 22.0. The maximum Gasteiger partial charge on any atom is 0.332 e. The quantitative estimate of drug-likeness (QED) is 0.531. The molecule has 1 rings (SSSR count). The van der Waals surface area contributed by atoms with E-state index in [0.717, 1.165) is 5.56 Å². The van der Waals surface area contributed by atoms with Crippen LogP contribution in [0.5, 0.6) is 0 Å². The summed E-state index contributed by atoms with van der Waals surface area (Å²) in [6, 6.07) is 9.06. The number of carboxylic acid groups (broad SMARTS) is 1. The minimum Gasteiger partial charge on any atom is -0.479 e. The molecule has 0 aromatic heterocycles. The molecule has 5 N–H and O–H groups in total. The molecule has 110 valence electrons. The van der Waals surface area contributed by atoms with E-state index in [2.05, 4.69) is 5.32 Å². The first-order valence-electron chi connectivity index (χ1n) is 6.49. The van der Waals surface area contributed by atoms with E-state index < -0.39 is 18.1 Å². The normalized spacial score (nSPS) is 13.5. The van der Waals surface area contributed by atoms with E-state index in [0.29, 0.717) is 12.8 Å². The van der Waals surface area contributed by atoms with Gasteiger partial charge in [-0.05, 0) is 18.4 Å². The number of hydrogen-bond acceptors (Lipinski definition) is 4.